The topological polar surface area (TPSA) is 56.0 Å². The van der Waals surface area contributed by atoms with Crippen molar-refractivity contribution in [2.45, 2.75) is 33.1 Å². The molecule has 0 unspecified atom stereocenters. The van der Waals surface area contributed by atoms with Crippen molar-refractivity contribution in [2.24, 2.45) is 5.73 Å². The van der Waals surface area contributed by atoms with E-state index in [1.807, 2.05) is 26.2 Å². The molecular formula is C11H16N2O. The Morgan fingerprint density at radius 3 is 2.43 bits per heavy atom. The molecule has 0 saturated heterocycles. The van der Waals surface area contributed by atoms with Gasteiger partial charge in [0, 0.05) is 18.8 Å². The molecule has 0 spiro atoms. The molecule has 0 atom stereocenters. The van der Waals surface area contributed by atoms with Gasteiger partial charge in [-0.15, -0.1) is 0 Å². The van der Waals surface area contributed by atoms with Gasteiger partial charge in [-0.25, -0.2) is 0 Å². The summed E-state index contributed by atoms with van der Waals surface area (Å²) in [6.45, 7) is 4.08. The molecule has 3 heteroatoms. The summed E-state index contributed by atoms with van der Waals surface area (Å²) >= 11 is 0. The van der Waals surface area contributed by atoms with Crippen LogP contribution < -0.4 is 5.73 Å². The van der Waals surface area contributed by atoms with Crippen LogP contribution >= 0.6 is 0 Å². The number of aryl methyl sites for hydroxylation is 2. The predicted octanol–water partition coefficient (Wildman–Crippen LogP) is 1.51. The van der Waals surface area contributed by atoms with E-state index in [0.717, 1.165) is 12.8 Å². The van der Waals surface area contributed by atoms with Crippen LogP contribution in [-0.4, -0.2) is 10.9 Å². The lowest BCUT2D eigenvalue weighted by molar-refractivity contribution is -0.118. The van der Waals surface area contributed by atoms with Gasteiger partial charge in [-0.05, 0) is 43.4 Å². The van der Waals surface area contributed by atoms with Gasteiger partial charge in [0.15, 0.2) is 0 Å². The normalized spacial score (nSPS) is 10.1. The van der Waals surface area contributed by atoms with E-state index in [4.69, 9.17) is 5.73 Å². The molecular weight excluding hydrogens is 176 g/mol. The zero-order valence-electron chi connectivity index (χ0n) is 8.71. The lowest BCUT2D eigenvalue weighted by Gasteiger charge is -2.07. The Morgan fingerprint density at radius 1 is 1.36 bits per heavy atom. The van der Waals surface area contributed by atoms with Gasteiger partial charge in [0.05, 0.1) is 0 Å². The summed E-state index contributed by atoms with van der Waals surface area (Å²) in [7, 11) is 0. The molecule has 0 aliphatic carbocycles. The minimum atomic E-state index is -0.227. The fourth-order valence-corrected chi connectivity index (χ4v) is 1.56. The molecule has 1 amide bonds. The van der Waals surface area contributed by atoms with E-state index in [1.165, 1.54) is 16.7 Å². The Hall–Kier alpha value is -1.38. The molecule has 1 aromatic rings. The highest BCUT2D eigenvalue weighted by Gasteiger charge is 2.03. The summed E-state index contributed by atoms with van der Waals surface area (Å²) in [4.78, 5) is 14.7. The maximum atomic E-state index is 10.6. The zero-order chi connectivity index (χ0) is 10.6. The van der Waals surface area contributed by atoms with Crippen molar-refractivity contribution in [3.63, 3.8) is 0 Å². The van der Waals surface area contributed by atoms with E-state index >= 15 is 0 Å². The van der Waals surface area contributed by atoms with Crippen LogP contribution in [0.15, 0.2) is 12.4 Å². The Morgan fingerprint density at radius 2 is 1.93 bits per heavy atom. The highest BCUT2D eigenvalue weighted by Crippen LogP contribution is 2.14. The van der Waals surface area contributed by atoms with Crippen molar-refractivity contribution in [3.8, 4) is 0 Å². The minimum absolute atomic E-state index is 0.227. The van der Waals surface area contributed by atoms with Crippen LogP contribution in [0.4, 0.5) is 0 Å². The first-order chi connectivity index (χ1) is 6.61. The largest absolute Gasteiger partial charge is 0.370 e. The van der Waals surface area contributed by atoms with Gasteiger partial charge in [-0.3, -0.25) is 9.78 Å². The van der Waals surface area contributed by atoms with Crippen LogP contribution in [0.1, 0.15) is 29.5 Å². The van der Waals surface area contributed by atoms with E-state index in [9.17, 15) is 4.79 Å². The van der Waals surface area contributed by atoms with Gasteiger partial charge in [0.2, 0.25) is 5.91 Å². The number of rotatable bonds is 4. The van der Waals surface area contributed by atoms with Crippen molar-refractivity contribution >= 4 is 5.91 Å². The fourth-order valence-electron chi connectivity index (χ4n) is 1.56. The van der Waals surface area contributed by atoms with E-state index < -0.39 is 0 Å². The summed E-state index contributed by atoms with van der Waals surface area (Å²) in [5.74, 6) is -0.227. The molecule has 0 radical (unpaired) electrons. The third kappa shape index (κ3) is 2.83. The first-order valence-electron chi connectivity index (χ1n) is 4.79. The molecule has 0 aromatic carbocycles. The number of carbonyl (C=O) groups is 1. The molecule has 2 N–H and O–H groups in total. The smallest absolute Gasteiger partial charge is 0.217 e. The Kier molecular flexibility index (Phi) is 3.63. The molecule has 1 aromatic heterocycles. The molecule has 1 heterocycles. The van der Waals surface area contributed by atoms with Crippen LogP contribution in [0.5, 0.6) is 0 Å². The van der Waals surface area contributed by atoms with E-state index in [2.05, 4.69) is 4.98 Å². The number of hydrogen-bond donors (Lipinski definition) is 1. The first-order valence-corrected chi connectivity index (χ1v) is 4.79. The Balaban J connectivity index is 2.62. The highest BCUT2D eigenvalue weighted by molar-refractivity contribution is 5.73. The second kappa shape index (κ2) is 4.74. The lowest BCUT2D eigenvalue weighted by Crippen LogP contribution is -2.10. The SMILES string of the molecule is Cc1cncc(C)c1CCCC(N)=O. The van der Waals surface area contributed by atoms with Crippen molar-refractivity contribution in [2.75, 3.05) is 0 Å². The number of carbonyl (C=O) groups excluding carboxylic acids is 1. The third-order valence-corrected chi connectivity index (χ3v) is 2.34. The maximum absolute atomic E-state index is 10.6. The van der Waals surface area contributed by atoms with Gasteiger partial charge in [-0.1, -0.05) is 0 Å². The van der Waals surface area contributed by atoms with Crippen LogP contribution in [0.3, 0.4) is 0 Å². The number of amides is 1. The van der Waals surface area contributed by atoms with Crippen molar-refractivity contribution < 1.29 is 4.79 Å². The molecule has 0 aliphatic rings. The maximum Gasteiger partial charge on any atom is 0.217 e. The molecule has 0 aliphatic heterocycles. The van der Waals surface area contributed by atoms with E-state index in [0.29, 0.717) is 6.42 Å². The minimum Gasteiger partial charge on any atom is -0.370 e. The standard InChI is InChI=1S/C11H16N2O/c1-8-6-13-7-9(2)10(8)4-3-5-11(12)14/h6-7H,3-5H2,1-2H3,(H2,12,14). The summed E-state index contributed by atoms with van der Waals surface area (Å²) in [6, 6.07) is 0. The summed E-state index contributed by atoms with van der Waals surface area (Å²) in [5.41, 5.74) is 8.75. The first kappa shape index (κ1) is 10.7. The predicted molar refractivity (Wildman–Crippen MR) is 55.8 cm³/mol. The van der Waals surface area contributed by atoms with Crippen LogP contribution in [0.25, 0.3) is 0 Å². The number of nitrogens with zero attached hydrogens (tertiary/aromatic N) is 1. The lowest BCUT2D eigenvalue weighted by atomic mass is 10.0. The number of pyridine rings is 1. The van der Waals surface area contributed by atoms with E-state index in [-0.39, 0.29) is 5.91 Å². The molecule has 0 fully saturated rings. The second-order valence-electron chi connectivity index (χ2n) is 3.57. The van der Waals surface area contributed by atoms with Crippen LogP contribution in [-0.2, 0) is 11.2 Å². The highest BCUT2D eigenvalue weighted by atomic mass is 16.1. The van der Waals surface area contributed by atoms with Gasteiger partial charge in [0.25, 0.3) is 0 Å². The summed E-state index contributed by atoms with van der Waals surface area (Å²) < 4.78 is 0. The number of primary amides is 1. The Labute approximate surface area is 84.3 Å². The summed E-state index contributed by atoms with van der Waals surface area (Å²) in [6.07, 6.45) is 5.89. The van der Waals surface area contributed by atoms with Gasteiger partial charge in [-0.2, -0.15) is 0 Å². The van der Waals surface area contributed by atoms with Crippen LogP contribution in [0.2, 0.25) is 0 Å². The molecule has 76 valence electrons. The molecule has 3 nitrogen and oxygen atoms in total. The fraction of sp³-hybridized carbons (Fsp3) is 0.455. The average Bonchev–Trinajstić information content (AvgIpc) is 2.09. The zero-order valence-corrected chi connectivity index (χ0v) is 8.71. The average molecular weight is 192 g/mol. The van der Waals surface area contributed by atoms with Crippen LogP contribution in [0, 0.1) is 13.8 Å². The van der Waals surface area contributed by atoms with E-state index in [1.54, 1.807) is 0 Å². The van der Waals surface area contributed by atoms with Gasteiger partial charge >= 0.3 is 0 Å². The number of hydrogen-bond acceptors (Lipinski definition) is 2. The van der Waals surface area contributed by atoms with Crippen molar-refractivity contribution in [1.82, 2.24) is 4.98 Å². The molecule has 14 heavy (non-hydrogen) atoms. The monoisotopic (exact) mass is 192 g/mol. The summed E-state index contributed by atoms with van der Waals surface area (Å²) in [5, 5.41) is 0. The second-order valence-corrected chi connectivity index (χ2v) is 3.57. The molecule has 0 bridgehead atoms. The third-order valence-electron chi connectivity index (χ3n) is 2.34. The Bertz CT molecular complexity index is 314. The molecule has 1 rings (SSSR count). The van der Waals surface area contributed by atoms with Crippen molar-refractivity contribution in [1.29, 1.82) is 0 Å². The number of aromatic nitrogens is 1. The quantitative estimate of drug-likeness (QED) is 0.786. The molecule has 0 saturated carbocycles. The number of nitrogens with two attached hydrogens (primary N) is 1. The van der Waals surface area contributed by atoms with Crippen molar-refractivity contribution in [3.05, 3.63) is 29.1 Å². The van der Waals surface area contributed by atoms with Gasteiger partial charge in [0.1, 0.15) is 0 Å². The van der Waals surface area contributed by atoms with Gasteiger partial charge < -0.3 is 5.73 Å².